The molecule has 3 heterocycles. The highest BCUT2D eigenvalue weighted by Crippen LogP contribution is 2.39. The number of aliphatic hydroxyl groups excluding tert-OH is 1. The molecule has 5 heteroatoms. The molecular formula is C12H18N4O. The summed E-state index contributed by atoms with van der Waals surface area (Å²) < 4.78 is 0. The topological polar surface area (TPSA) is 88.4 Å². The zero-order valence-corrected chi connectivity index (χ0v) is 9.71. The fourth-order valence-corrected chi connectivity index (χ4v) is 3.14. The maximum Gasteiger partial charge on any atom is 0.149 e. The number of aromatic nitrogens is 1. The lowest BCUT2D eigenvalue weighted by Crippen LogP contribution is -2.45. The van der Waals surface area contributed by atoms with Crippen molar-refractivity contribution in [2.75, 3.05) is 16.4 Å². The minimum absolute atomic E-state index is 0.158. The van der Waals surface area contributed by atoms with Crippen LogP contribution < -0.4 is 16.4 Å². The Balaban J connectivity index is 1.92. The van der Waals surface area contributed by atoms with Crippen molar-refractivity contribution in [1.29, 1.82) is 0 Å². The smallest absolute Gasteiger partial charge is 0.149 e. The second-order valence-electron chi connectivity index (χ2n) is 5.06. The summed E-state index contributed by atoms with van der Waals surface area (Å²) in [5.41, 5.74) is 12.0. The van der Waals surface area contributed by atoms with Crippen LogP contribution >= 0.6 is 0 Å². The van der Waals surface area contributed by atoms with Gasteiger partial charge in [0, 0.05) is 12.1 Å². The molecule has 5 N–H and O–H groups in total. The number of aliphatic hydroxyl groups is 1. The molecule has 2 bridgehead atoms. The Hall–Kier alpha value is -1.49. The average molecular weight is 234 g/mol. The summed E-state index contributed by atoms with van der Waals surface area (Å²) in [5, 5.41) is 9.76. The molecule has 0 aromatic carbocycles. The molecule has 2 aliphatic rings. The Morgan fingerprint density at radius 2 is 1.82 bits per heavy atom. The Morgan fingerprint density at radius 1 is 1.18 bits per heavy atom. The molecule has 92 valence electrons. The minimum atomic E-state index is -0.158. The number of anilines is 3. The Labute approximate surface area is 100 Å². The highest BCUT2D eigenvalue weighted by atomic mass is 16.3. The van der Waals surface area contributed by atoms with Gasteiger partial charge in [0.2, 0.25) is 0 Å². The summed E-state index contributed by atoms with van der Waals surface area (Å²) in [7, 11) is 0. The summed E-state index contributed by atoms with van der Waals surface area (Å²) in [6, 6.07) is 4.54. The third-order valence-corrected chi connectivity index (χ3v) is 3.92. The monoisotopic (exact) mass is 234 g/mol. The SMILES string of the molecule is Nc1ccc(N2C3CCC2CC(O)C3)nc1N. The van der Waals surface area contributed by atoms with Crippen molar-refractivity contribution in [1.82, 2.24) is 4.98 Å². The number of nitrogen functional groups attached to an aromatic ring is 2. The van der Waals surface area contributed by atoms with Gasteiger partial charge in [-0.15, -0.1) is 0 Å². The minimum Gasteiger partial charge on any atom is -0.396 e. The van der Waals surface area contributed by atoms with Gasteiger partial charge in [-0.1, -0.05) is 0 Å². The van der Waals surface area contributed by atoms with E-state index in [9.17, 15) is 5.11 Å². The molecule has 3 rings (SSSR count). The maximum atomic E-state index is 9.76. The largest absolute Gasteiger partial charge is 0.396 e. The lowest BCUT2D eigenvalue weighted by Gasteiger charge is -2.38. The summed E-state index contributed by atoms with van der Waals surface area (Å²) in [4.78, 5) is 6.67. The molecule has 0 radical (unpaired) electrons. The molecule has 2 unspecified atom stereocenters. The third-order valence-electron chi connectivity index (χ3n) is 3.92. The number of hydrogen-bond acceptors (Lipinski definition) is 5. The fraction of sp³-hybridized carbons (Fsp3) is 0.583. The highest BCUT2D eigenvalue weighted by Gasteiger charge is 2.40. The summed E-state index contributed by atoms with van der Waals surface area (Å²) in [5.74, 6) is 1.30. The molecule has 2 fully saturated rings. The summed E-state index contributed by atoms with van der Waals surface area (Å²) in [6.45, 7) is 0. The van der Waals surface area contributed by atoms with E-state index in [1.807, 2.05) is 12.1 Å². The van der Waals surface area contributed by atoms with E-state index in [0.717, 1.165) is 31.5 Å². The normalized spacial score (nSPS) is 31.8. The van der Waals surface area contributed by atoms with Crippen molar-refractivity contribution < 1.29 is 5.11 Å². The van der Waals surface area contributed by atoms with Crippen LogP contribution in [-0.4, -0.2) is 28.3 Å². The Bertz CT molecular complexity index is 423. The van der Waals surface area contributed by atoms with Crippen LogP contribution in [0.5, 0.6) is 0 Å². The lowest BCUT2D eigenvalue weighted by molar-refractivity contribution is 0.126. The maximum absolute atomic E-state index is 9.76. The standard InChI is InChI=1S/C12H18N4O/c13-10-3-4-11(15-12(10)14)16-7-1-2-8(16)6-9(17)5-7/h3-4,7-9,17H,1-2,5-6,13H2,(H2,14,15). The zero-order valence-electron chi connectivity index (χ0n) is 9.71. The first-order valence-electron chi connectivity index (χ1n) is 6.13. The molecule has 5 nitrogen and oxygen atoms in total. The van der Waals surface area contributed by atoms with Crippen LogP contribution in [0.25, 0.3) is 0 Å². The quantitative estimate of drug-likeness (QED) is 0.667. The molecule has 1 aromatic rings. The van der Waals surface area contributed by atoms with Gasteiger partial charge in [0.15, 0.2) is 0 Å². The number of pyridine rings is 1. The molecule has 1 aromatic heterocycles. The molecule has 2 atom stereocenters. The van der Waals surface area contributed by atoms with E-state index >= 15 is 0 Å². The van der Waals surface area contributed by atoms with Crippen molar-refractivity contribution in [3.8, 4) is 0 Å². The second kappa shape index (κ2) is 3.77. The van der Waals surface area contributed by atoms with Crippen LogP contribution in [0.1, 0.15) is 25.7 Å². The predicted octanol–water partition coefficient (Wildman–Crippen LogP) is 0.738. The first-order chi connectivity index (χ1) is 8.15. The van der Waals surface area contributed by atoms with Gasteiger partial charge >= 0.3 is 0 Å². The van der Waals surface area contributed by atoms with Crippen LogP contribution in [0, 0.1) is 0 Å². The number of nitrogens with zero attached hydrogens (tertiary/aromatic N) is 2. The second-order valence-corrected chi connectivity index (χ2v) is 5.06. The number of hydrogen-bond donors (Lipinski definition) is 3. The van der Waals surface area contributed by atoms with E-state index in [2.05, 4.69) is 9.88 Å². The van der Waals surface area contributed by atoms with Crippen LogP contribution in [0.4, 0.5) is 17.3 Å². The van der Waals surface area contributed by atoms with Crippen molar-refractivity contribution in [2.24, 2.45) is 0 Å². The molecular weight excluding hydrogens is 216 g/mol. The first-order valence-corrected chi connectivity index (χ1v) is 6.13. The number of fused-ring (bicyclic) bond motifs is 2. The third kappa shape index (κ3) is 1.70. The van der Waals surface area contributed by atoms with Gasteiger partial charge in [0.1, 0.15) is 11.6 Å². The average Bonchev–Trinajstić information content (AvgIpc) is 2.55. The van der Waals surface area contributed by atoms with E-state index in [0.29, 0.717) is 23.6 Å². The zero-order chi connectivity index (χ0) is 12.0. The number of rotatable bonds is 1. The van der Waals surface area contributed by atoms with Gasteiger partial charge in [0.25, 0.3) is 0 Å². The van der Waals surface area contributed by atoms with Gasteiger partial charge in [-0.25, -0.2) is 4.98 Å². The number of piperidine rings is 1. The van der Waals surface area contributed by atoms with Crippen molar-refractivity contribution in [2.45, 2.75) is 43.9 Å². The Kier molecular flexibility index (Phi) is 2.36. The summed E-state index contributed by atoms with van der Waals surface area (Å²) >= 11 is 0. The molecule has 2 saturated heterocycles. The van der Waals surface area contributed by atoms with Gasteiger partial charge < -0.3 is 21.5 Å². The van der Waals surface area contributed by atoms with Crippen LogP contribution in [0.15, 0.2) is 12.1 Å². The summed E-state index contributed by atoms with van der Waals surface area (Å²) in [6.07, 6.45) is 3.78. The van der Waals surface area contributed by atoms with Gasteiger partial charge in [-0.05, 0) is 37.8 Å². The van der Waals surface area contributed by atoms with Crippen molar-refractivity contribution >= 4 is 17.3 Å². The molecule has 0 saturated carbocycles. The molecule has 0 aliphatic carbocycles. The fourth-order valence-electron chi connectivity index (χ4n) is 3.14. The highest BCUT2D eigenvalue weighted by molar-refractivity contribution is 5.62. The Morgan fingerprint density at radius 3 is 2.41 bits per heavy atom. The van der Waals surface area contributed by atoms with Gasteiger partial charge in [-0.2, -0.15) is 0 Å². The van der Waals surface area contributed by atoms with E-state index < -0.39 is 0 Å². The number of nitrogens with two attached hydrogens (primary N) is 2. The van der Waals surface area contributed by atoms with Crippen LogP contribution in [-0.2, 0) is 0 Å². The van der Waals surface area contributed by atoms with Gasteiger partial charge in [0.05, 0.1) is 11.8 Å². The lowest BCUT2D eigenvalue weighted by atomic mass is 10.00. The van der Waals surface area contributed by atoms with Gasteiger partial charge in [-0.3, -0.25) is 0 Å². The van der Waals surface area contributed by atoms with Crippen molar-refractivity contribution in [3.63, 3.8) is 0 Å². The molecule has 0 spiro atoms. The van der Waals surface area contributed by atoms with Crippen molar-refractivity contribution in [3.05, 3.63) is 12.1 Å². The molecule has 2 aliphatic heterocycles. The van der Waals surface area contributed by atoms with Crippen LogP contribution in [0.3, 0.4) is 0 Å². The molecule has 0 amide bonds. The first kappa shape index (κ1) is 10.7. The van der Waals surface area contributed by atoms with E-state index in [1.165, 1.54) is 0 Å². The predicted molar refractivity (Wildman–Crippen MR) is 67.6 cm³/mol. The van der Waals surface area contributed by atoms with E-state index in [1.54, 1.807) is 0 Å². The van der Waals surface area contributed by atoms with Crippen LogP contribution in [0.2, 0.25) is 0 Å². The molecule has 17 heavy (non-hydrogen) atoms. The van der Waals surface area contributed by atoms with E-state index in [4.69, 9.17) is 11.5 Å². The van der Waals surface area contributed by atoms with E-state index in [-0.39, 0.29) is 6.10 Å².